The number of carbonyl (C=O) groups is 1. The SMILES string of the molecule is CC(C)(C)OC(=O)N1CCC=C(c2ccc3c(NCc4ccccc4)nc(Cl)nn23)C1. The third kappa shape index (κ3) is 4.99. The average molecular weight is 440 g/mol. The lowest BCUT2D eigenvalue weighted by Gasteiger charge is -2.30. The molecule has 0 saturated carbocycles. The maximum absolute atomic E-state index is 12.5. The summed E-state index contributed by atoms with van der Waals surface area (Å²) in [6.07, 6.45) is 2.58. The molecule has 0 fully saturated rings. The van der Waals surface area contributed by atoms with Gasteiger partial charge in [-0.1, -0.05) is 36.4 Å². The van der Waals surface area contributed by atoms with Gasteiger partial charge < -0.3 is 15.0 Å². The molecule has 7 nitrogen and oxygen atoms in total. The van der Waals surface area contributed by atoms with Gasteiger partial charge in [0, 0.05) is 13.1 Å². The molecule has 0 aliphatic carbocycles. The van der Waals surface area contributed by atoms with Gasteiger partial charge in [-0.2, -0.15) is 4.98 Å². The molecule has 0 atom stereocenters. The zero-order valence-corrected chi connectivity index (χ0v) is 18.7. The summed E-state index contributed by atoms with van der Waals surface area (Å²) in [5.74, 6) is 0.663. The lowest BCUT2D eigenvalue weighted by Crippen LogP contribution is -2.39. The fourth-order valence-electron chi connectivity index (χ4n) is 3.54. The molecule has 0 bridgehead atoms. The van der Waals surface area contributed by atoms with Gasteiger partial charge in [-0.15, -0.1) is 5.10 Å². The number of hydrogen-bond acceptors (Lipinski definition) is 5. The van der Waals surface area contributed by atoms with Crippen LogP contribution in [0.25, 0.3) is 11.1 Å². The molecule has 3 heterocycles. The average Bonchev–Trinajstić information content (AvgIpc) is 3.15. The van der Waals surface area contributed by atoms with E-state index >= 15 is 0 Å². The van der Waals surface area contributed by atoms with Gasteiger partial charge in [0.25, 0.3) is 0 Å². The molecule has 3 aromatic rings. The van der Waals surface area contributed by atoms with Crippen LogP contribution in [0.2, 0.25) is 5.28 Å². The molecule has 1 amide bonds. The van der Waals surface area contributed by atoms with Crippen molar-refractivity contribution in [3.8, 4) is 0 Å². The highest BCUT2D eigenvalue weighted by Gasteiger charge is 2.26. The Morgan fingerprint density at radius 2 is 1.97 bits per heavy atom. The molecule has 31 heavy (non-hydrogen) atoms. The van der Waals surface area contributed by atoms with E-state index in [9.17, 15) is 4.79 Å². The predicted molar refractivity (Wildman–Crippen MR) is 122 cm³/mol. The molecule has 1 aliphatic rings. The maximum Gasteiger partial charge on any atom is 0.410 e. The van der Waals surface area contributed by atoms with Crippen molar-refractivity contribution in [2.45, 2.75) is 39.3 Å². The predicted octanol–water partition coefficient (Wildman–Crippen LogP) is 5.02. The third-order valence-electron chi connectivity index (χ3n) is 4.92. The Morgan fingerprint density at radius 1 is 1.19 bits per heavy atom. The Morgan fingerprint density at radius 3 is 2.71 bits per heavy atom. The van der Waals surface area contributed by atoms with Crippen molar-refractivity contribution in [1.82, 2.24) is 19.5 Å². The molecule has 1 N–H and O–H groups in total. The van der Waals surface area contributed by atoms with Crippen LogP contribution >= 0.6 is 11.6 Å². The van der Waals surface area contributed by atoms with Crippen LogP contribution in [0, 0.1) is 0 Å². The standard InChI is InChI=1S/C23H26ClN5O2/c1-23(2,3)31-22(30)28-13-7-10-17(15-28)18-11-12-19-20(26-21(24)27-29(18)19)25-14-16-8-5-4-6-9-16/h4-6,8-12H,7,13-15H2,1-3H3,(H,25,26,27). The second-order valence-corrected chi connectivity index (χ2v) is 8.84. The summed E-state index contributed by atoms with van der Waals surface area (Å²) in [4.78, 5) is 18.6. The molecule has 1 aliphatic heterocycles. The van der Waals surface area contributed by atoms with E-state index in [1.54, 1.807) is 9.42 Å². The number of halogens is 1. The normalized spacial score (nSPS) is 14.5. The molecule has 8 heteroatoms. The van der Waals surface area contributed by atoms with Crippen LogP contribution < -0.4 is 5.32 Å². The number of ether oxygens (including phenoxy) is 1. The van der Waals surface area contributed by atoms with E-state index in [4.69, 9.17) is 16.3 Å². The van der Waals surface area contributed by atoms with Crippen molar-refractivity contribution >= 4 is 34.6 Å². The maximum atomic E-state index is 12.5. The Balaban J connectivity index is 1.58. The summed E-state index contributed by atoms with van der Waals surface area (Å²) in [7, 11) is 0. The van der Waals surface area contributed by atoms with Gasteiger partial charge in [0.05, 0.1) is 12.2 Å². The van der Waals surface area contributed by atoms with E-state index in [1.165, 1.54) is 0 Å². The molecule has 2 aromatic heterocycles. The summed E-state index contributed by atoms with van der Waals surface area (Å²) >= 11 is 6.24. The van der Waals surface area contributed by atoms with Crippen molar-refractivity contribution in [2.75, 3.05) is 18.4 Å². The molecule has 0 unspecified atom stereocenters. The first-order valence-corrected chi connectivity index (χ1v) is 10.7. The molecule has 1 aromatic carbocycles. The Kier molecular flexibility index (Phi) is 5.87. The van der Waals surface area contributed by atoms with E-state index in [-0.39, 0.29) is 11.4 Å². The minimum Gasteiger partial charge on any atom is -0.444 e. The van der Waals surface area contributed by atoms with Gasteiger partial charge in [-0.25, -0.2) is 9.31 Å². The topological polar surface area (TPSA) is 71.8 Å². The first kappa shape index (κ1) is 21.2. The number of fused-ring (bicyclic) bond motifs is 1. The Hall–Kier alpha value is -3.06. The number of aromatic nitrogens is 3. The summed E-state index contributed by atoms with van der Waals surface area (Å²) in [6.45, 7) is 7.31. The fraction of sp³-hybridized carbons (Fsp3) is 0.348. The number of benzene rings is 1. The Labute approximate surface area is 186 Å². The number of carbonyl (C=O) groups excluding carboxylic acids is 1. The number of rotatable bonds is 4. The minimum absolute atomic E-state index is 0.154. The van der Waals surface area contributed by atoms with E-state index in [0.717, 1.165) is 28.8 Å². The molecular weight excluding hydrogens is 414 g/mol. The van der Waals surface area contributed by atoms with Crippen molar-refractivity contribution in [3.63, 3.8) is 0 Å². The smallest absolute Gasteiger partial charge is 0.410 e. The van der Waals surface area contributed by atoms with Crippen LogP contribution in [0.4, 0.5) is 10.6 Å². The second-order valence-electron chi connectivity index (χ2n) is 8.50. The number of anilines is 1. The van der Waals surface area contributed by atoms with Crippen molar-refractivity contribution in [3.05, 3.63) is 65.1 Å². The monoisotopic (exact) mass is 439 g/mol. The van der Waals surface area contributed by atoms with E-state index in [1.807, 2.05) is 51.1 Å². The molecule has 0 radical (unpaired) electrons. The molecule has 0 spiro atoms. The van der Waals surface area contributed by atoms with E-state index in [2.05, 4.69) is 33.6 Å². The van der Waals surface area contributed by atoms with Gasteiger partial charge in [-0.05, 0) is 62.1 Å². The van der Waals surface area contributed by atoms with Gasteiger partial charge in [0.15, 0.2) is 5.82 Å². The van der Waals surface area contributed by atoms with Crippen LogP contribution in [0.5, 0.6) is 0 Å². The van der Waals surface area contributed by atoms with Gasteiger partial charge in [-0.3, -0.25) is 0 Å². The van der Waals surface area contributed by atoms with Crippen LogP contribution in [-0.2, 0) is 11.3 Å². The van der Waals surface area contributed by atoms with Crippen molar-refractivity contribution in [1.29, 1.82) is 0 Å². The summed E-state index contributed by atoms with van der Waals surface area (Å²) < 4.78 is 7.32. The van der Waals surface area contributed by atoms with Gasteiger partial charge in [0.2, 0.25) is 5.28 Å². The first-order valence-electron chi connectivity index (χ1n) is 10.3. The first-order chi connectivity index (χ1) is 14.8. The number of nitrogens with zero attached hydrogens (tertiary/aromatic N) is 4. The highest BCUT2D eigenvalue weighted by molar-refractivity contribution is 6.28. The van der Waals surface area contributed by atoms with E-state index in [0.29, 0.717) is 25.5 Å². The molecule has 0 saturated heterocycles. The van der Waals surface area contributed by atoms with Gasteiger partial charge in [0.1, 0.15) is 11.1 Å². The minimum atomic E-state index is -0.528. The molecule has 162 valence electrons. The summed E-state index contributed by atoms with van der Waals surface area (Å²) in [5, 5.41) is 7.92. The highest BCUT2D eigenvalue weighted by atomic mass is 35.5. The summed E-state index contributed by atoms with van der Waals surface area (Å²) in [6, 6.07) is 14.0. The van der Waals surface area contributed by atoms with E-state index < -0.39 is 5.60 Å². The molecular formula is C23H26ClN5O2. The van der Waals surface area contributed by atoms with Gasteiger partial charge >= 0.3 is 6.09 Å². The lowest BCUT2D eigenvalue weighted by molar-refractivity contribution is 0.0273. The lowest BCUT2D eigenvalue weighted by atomic mass is 10.1. The number of amides is 1. The largest absolute Gasteiger partial charge is 0.444 e. The highest BCUT2D eigenvalue weighted by Crippen LogP contribution is 2.27. The number of hydrogen-bond donors (Lipinski definition) is 1. The second kappa shape index (κ2) is 8.59. The zero-order chi connectivity index (χ0) is 22.0. The summed E-state index contributed by atoms with van der Waals surface area (Å²) in [5.41, 5.74) is 3.33. The van der Waals surface area contributed by atoms with Crippen LogP contribution in [0.3, 0.4) is 0 Å². The molecule has 4 rings (SSSR count). The van der Waals surface area contributed by atoms with Crippen LogP contribution in [-0.4, -0.2) is 44.3 Å². The van der Waals surface area contributed by atoms with Crippen molar-refractivity contribution < 1.29 is 9.53 Å². The zero-order valence-electron chi connectivity index (χ0n) is 17.9. The number of nitrogens with one attached hydrogen (secondary N) is 1. The van der Waals surface area contributed by atoms with Crippen molar-refractivity contribution in [2.24, 2.45) is 0 Å². The van der Waals surface area contributed by atoms with Crippen LogP contribution in [0.15, 0.2) is 48.5 Å². The third-order valence-corrected chi connectivity index (χ3v) is 5.08. The quantitative estimate of drug-likeness (QED) is 0.618. The fourth-order valence-corrected chi connectivity index (χ4v) is 3.70. The Bertz CT molecular complexity index is 1120. The van der Waals surface area contributed by atoms with Crippen LogP contribution in [0.1, 0.15) is 38.4 Å².